The highest BCUT2D eigenvalue weighted by atomic mass is 32.2. The Kier molecular flexibility index (Phi) is 4.10. The van der Waals surface area contributed by atoms with Gasteiger partial charge in [0.05, 0.1) is 6.07 Å². The summed E-state index contributed by atoms with van der Waals surface area (Å²) in [4.78, 5) is 13.3. The molecule has 0 aliphatic carbocycles. The highest BCUT2D eigenvalue weighted by Gasteiger charge is 2.27. The van der Waals surface area contributed by atoms with Crippen LogP contribution in [0.2, 0.25) is 0 Å². The SMILES string of the molecule is CSCCC(=O)N1CCCC1C#N. The highest BCUT2D eigenvalue weighted by Crippen LogP contribution is 2.17. The second-order valence-corrected chi connectivity index (χ2v) is 4.10. The Hall–Kier alpha value is -0.690. The Labute approximate surface area is 83.1 Å². The summed E-state index contributed by atoms with van der Waals surface area (Å²) in [5.41, 5.74) is 0. The van der Waals surface area contributed by atoms with Gasteiger partial charge in [-0.15, -0.1) is 0 Å². The number of likely N-dealkylation sites (tertiary alicyclic amines) is 1. The minimum absolute atomic E-state index is 0.137. The molecule has 0 N–H and O–H groups in total. The van der Waals surface area contributed by atoms with E-state index in [9.17, 15) is 4.79 Å². The molecule has 13 heavy (non-hydrogen) atoms. The van der Waals surface area contributed by atoms with Crippen LogP contribution >= 0.6 is 11.8 Å². The zero-order valence-electron chi connectivity index (χ0n) is 7.82. The summed E-state index contributed by atoms with van der Waals surface area (Å²) in [5, 5.41) is 8.76. The number of hydrogen-bond donors (Lipinski definition) is 0. The monoisotopic (exact) mass is 198 g/mol. The Morgan fingerprint density at radius 1 is 1.77 bits per heavy atom. The van der Waals surface area contributed by atoms with Crippen molar-refractivity contribution in [2.45, 2.75) is 25.3 Å². The van der Waals surface area contributed by atoms with Gasteiger partial charge in [0.15, 0.2) is 0 Å². The van der Waals surface area contributed by atoms with E-state index in [-0.39, 0.29) is 11.9 Å². The largest absolute Gasteiger partial charge is 0.327 e. The first-order chi connectivity index (χ1) is 6.29. The highest BCUT2D eigenvalue weighted by molar-refractivity contribution is 7.98. The van der Waals surface area contributed by atoms with Crippen LogP contribution in [0.5, 0.6) is 0 Å². The van der Waals surface area contributed by atoms with Crippen LogP contribution in [0.4, 0.5) is 0 Å². The molecule has 1 aliphatic rings. The predicted octanol–water partition coefficient (Wildman–Crippen LogP) is 1.25. The zero-order chi connectivity index (χ0) is 9.68. The lowest BCUT2D eigenvalue weighted by Crippen LogP contribution is -2.34. The van der Waals surface area contributed by atoms with Crippen LogP contribution in [0, 0.1) is 11.3 Å². The molecule has 0 aromatic heterocycles. The van der Waals surface area contributed by atoms with E-state index in [1.807, 2.05) is 6.26 Å². The molecule has 0 aromatic carbocycles. The van der Waals surface area contributed by atoms with Crippen LogP contribution in [0.15, 0.2) is 0 Å². The fourth-order valence-electron chi connectivity index (χ4n) is 1.53. The second kappa shape index (κ2) is 5.13. The maximum absolute atomic E-state index is 11.5. The molecule has 1 rings (SSSR count). The third kappa shape index (κ3) is 2.63. The van der Waals surface area contributed by atoms with Crippen LogP contribution in [0.25, 0.3) is 0 Å². The van der Waals surface area contributed by atoms with Gasteiger partial charge in [-0.3, -0.25) is 4.79 Å². The van der Waals surface area contributed by atoms with Crippen molar-refractivity contribution in [1.82, 2.24) is 4.90 Å². The number of carbonyl (C=O) groups excluding carboxylic acids is 1. The third-order valence-corrected chi connectivity index (χ3v) is 2.85. The van der Waals surface area contributed by atoms with Crippen molar-refractivity contribution in [2.75, 3.05) is 18.6 Å². The maximum Gasteiger partial charge on any atom is 0.224 e. The van der Waals surface area contributed by atoms with E-state index < -0.39 is 0 Å². The van der Waals surface area contributed by atoms with Crippen molar-refractivity contribution in [3.05, 3.63) is 0 Å². The lowest BCUT2D eigenvalue weighted by atomic mass is 10.2. The van der Waals surface area contributed by atoms with Gasteiger partial charge in [0.25, 0.3) is 0 Å². The molecular weight excluding hydrogens is 184 g/mol. The molecule has 1 atom stereocenters. The maximum atomic E-state index is 11.5. The normalized spacial score (nSPS) is 21.5. The quantitative estimate of drug-likeness (QED) is 0.685. The van der Waals surface area contributed by atoms with E-state index in [1.165, 1.54) is 0 Å². The smallest absolute Gasteiger partial charge is 0.224 e. The number of nitrogens with zero attached hydrogens (tertiary/aromatic N) is 2. The number of nitriles is 1. The van der Waals surface area contributed by atoms with Crippen molar-refractivity contribution in [3.63, 3.8) is 0 Å². The molecule has 0 aromatic rings. The molecule has 0 radical (unpaired) electrons. The summed E-state index contributed by atoms with van der Waals surface area (Å²) in [6, 6.07) is 2.01. The molecule has 1 amide bonds. The first kappa shape index (κ1) is 10.4. The van der Waals surface area contributed by atoms with Crippen LogP contribution in [0.1, 0.15) is 19.3 Å². The Morgan fingerprint density at radius 3 is 3.15 bits per heavy atom. The number of rotatable bonds is 3. The summed E-state index contributed by atoms with van der Waals surface area (Å²) < 4.78 is 0. The molecule has 1 unspecified atom stereocenters. The molecule has 4 heteroatoms. The standard InChI is InChI=1S/C9H14N2OS/c1-13-6-4-9(12)11-5-2-3-8(11)7-10/h8H,2-6H2,1H3. The molecule has 0 saturated carbocycles. The van der Waals surface area contributed by atoms with Crippen LogP contribution in [0.3, 0.4) is 0 Å². The van der Waals surface area contributed by atoms with E-state index in [0.29, 0.717) is 6.42 Å². The average Bonchev–Trinajstić information content (AvgIpc) is 2.61. The fraction of sp³-hybridized carbons (Fsp3) is 0.778. The van der Waals surface area contributed by atoms with E-state index in [1.54, 1.807) is 16.7 Å². The van der Waals surface area contributed by atoms with E-state index in [0.717, 1.165) is 25.1 Å². The van der Waals surface area contributed by atoms with Crippen LogP contribution < -0.4 is 0 Å². The molecule has 1 saturated heterocycles. The van der Waals surface area contributed by atoms with Gasteiger partial charge < -0.3 is 4.90 Å². The lowest BCUT2D eigenvalue weighted by Gasteiger charge is -2.18. The van der Waals surface area contributed by atoms with Crippen molar-refractivity contribution >= 4 is 17.7 Å². The minimum atomic E-state index is -0.158. The molecule has 0 bridgehead atoms. The van der Waals surface area contributed by atoms with Crippen LogP contribution in [-0.4, -0.2) is 35.4 Å². The average molecular weight is 198 g/mol. The zero-order valence-corrected chi connectivity index (χ0v) is 8.64. The fourth-order valence-corrected chi connectivity index (χ4v) is 1.91. The van der Waals surface area contributed by atoms with Crippen molar-refractivity contribution in [3.8, 4) is 6.07 Å². The molecule has 1 aliphatic heterocycles. The molecule has 1 heterocycles. The van der Waals surface area contributed by atoms with Gasteiger partial charge in [0, 0.05) is 18.7 Å². The molecule has 1 fully saturated rings. The van der Waals surface area contributed by atoms with Gasteiger partial charge in [0.2, 0.25) is 5.91 Å². The minimum Gasteiger partial charge on any atom is -0.327 e. The van der Waals surface area contributed by atoms with Crippen molar-refractivity contribution < 1.29 is 4.79 Å². The second-order valence-electron chi connectivity index (χ2n) is 3.12. The van der Waals surface area contributed by atoms with E-state index in [4.69, 9.17) is 5.26 Å². The van der Waals surface area contributed by atoms with Crippen molar-refractivity contribution in [1.29, 1.82) is 5.26 Å². The molecular formula is C9H14N2OS. The molecule has 0 spiro atoms. The Balaban J connectivity index is 2.42. The van der Waals surface area contributed by atoms with Gasteiger partial charge in [-0.1, -0.05) is 0 Å². The van der Waals surface area contributed by atoms with Gasteiger partial charge in [-0.05, 0) is 19.1 Å². The number of carbonyl (C=O) groups is 1. The number of hydrogen-bond acceptors (Lipinski definition) is 3. The van der Waals surface area contributed by atoms with Gasteiger partial charge >= 0.3 is 0 Å². The predicted molar refractivity (Wildman–Crippen MR) is 53.3 cm³/mol. The topological polar surface area (TPSA) is 44.1 Å². The van der Waals surface area contributed by atoms with Gasteiger partial charge in [0.1, 0.15) is 6.04 Å². The summed E-state index contributed by atoms with van der Waals surface area (Å²) >= 11 is 1.67. The van der Waals surface area contributed by atoms with Gasteiger partial charge in [-0.25, -0.2) is 0 Å². The van der Waals surface area contributed by atoms with Crippen LogP contribution in [-0.2, 0) is 4.79 Å². The van der Waals surface area contributed by atoms with Crippen molar-refractivity contribution in [2.24, 2.45) is 0 Å². The number of thioether (sulfide) groups is 1. The summed E-state index contributed by atoms with van der Waals surface area (Å²) in [6.07, 6.45) is 4.38. The Morgan fingerprint density at radius 2 is 2.54 bits per heavy atom. The third-order valence-electron chi connectivity index (χ3n) is 2.24. The summed E-state index contributed by atoms with van der Waals surface area (Å²) in [5.74, 6) is 0.992. The lowest BCUT2D eigenvalue weighted by molar-refractivity contribution is -0.130. The summed E-state index contributed by atoms with van der Waals surface area (Å²) in [6.45, 7) is 0.769. The first-order valence-corrected chi connectivity index (χ1v) is 5.87. The Bertz CT molecular complexity index is 224. The number of amides is 1. The van der Waals surface area contributed by atoms with E-state index in [2.05, 4.69) is 6.07 Å². The molecule has 72 valence electrons. The summed E-state index contributed by atoms with van der Waals surface area (Å²) in [7, 11) is 0. The van der Waals surface area contributed by atoms with E-state index >= 15 is 0 Å². The van der Waals surface area contributed by atoms with Gasteiger partial charge in [-0.2, -0.15) is 17.0 Å². The first-order valence-electron chi connectivity index (χ1n) is 4.47. The molecule has 3 nitrogen and oxygen atoms in total.